The van der Waals surface area contributed by atoms with Crippen LogP contribution in [0.3, 0.4) is 0 Å². The van der Waals surface area contributed by atoms with Gasteiger partial charge in [-0.3, -0.25) is 4.79 Å². The smallest absolute Gasteiger partial charge is 0.387 e. The molecule has 1 atom stereocenters. The molecule has 0 saturated carbocycles. The largest absolute Gasteiger partial charge is 0.435 e. The molecule has 8 heteroatoms. The molecule has 1 aromatic rings. The summed E-state index contributed by atoms with van der Waals surface area (Å²) in [6, 6.07) is 5.22. The average molecular weight is 357 g/mol. The Kier molecular flexibility index (Phi) is 7.60. The fraction of sp³-hybridized carbons (Fsp3) is 0.529. The van der Waals surface area contributed by atoms with Crippen molar-refractivity contribution < 1.29 is 23.1 Å². The van der Waals surface area contributed by atoms with Crippen molar-refractivity contribution in [3.8, 4) is 5.75 Å². The van der Waals surface area contributed by atoms with E-state index >= 15 is 0 Å². The molecular weight excluding hydrogens is 332 g/mol. The summed E-state index contributed by atoms with van der Waals surface area (Å²) in [5.41, 5.74) is -0.383. The zero-order chi connectivity index (χ0) is 19.0. The van der Waals surface area contributed by atoms with Gasteiger partial charge in [-0.1, -0.05) is 19.1 Å². The van der Waals surface area contributed by atoms with Crippen molar-refractivity contribution in [3.63, 3.8) is 0 Å². The van der Waals surface area contributed by atoms with Gasteiger partial charge in [-0.2, -0.15) is 8.78 Å². The standard InChI is InChI=1S/C17H25F2N3O3/c1-5-10-20-16(24)22-17(3,4)14(23)21-11(2)12-6-8-13(9-7-12)25-15(18)19/h6-9,11,15H,5,10H2,1-4H3,(H,21,23)(H2,20,22,24). The molecule has 0 heterocycles. The van der Waals surface area contributed by atoms with Gasteiger partial charge in [0.05, 0.1) is 6.04 Å². The number of nitrogens with one attached hydrogen (secondary N) is 3. The molecule has 0 aliphatic carbocycles. The van der Waals surface area contributed by atoms with E-state index in [9.17, 15) is 18.4 Å². The van der Waals surface area contributed by atoms with Gasteiger partial charge in [-0.05, 0) is 44.9 Å². The number of carbonyl (C=O) groups is 2. The van der Waals surface area contributed by atoms with Crippen LogP contribution in [0.1, 0.15) is 45.7 Å². The highest BCUT2D eigenvalue weighted by atomic mass is 19.3. The Morgan fingerprint density at radius 3 is 2.32 bits per heavy atom. The van der Waals surface area contributed by atoms with Gasteiger partial charge in [-0.15, -0.1) is 0 Å². The topological polar surface area (TPSA) is 79.5 Å². The molecular formula is C17H25F2N3O3. The summed E-state index contributed by atoms with van der Waals surface area (Å²) in [5.74, 6) is -0.313. The normalized spacial score (nSPS) is 12.4. The van der Waals surface area contributed by atoms with E-state index in [-0.39, 0.29) is 17.7 Å². The van der Waals surface area contributed by atoms with E-state index in [4.69, 9.17) is 0 Å². The summed E-state index contributed by atoms with van der Waals surface area (Å²) >= 11 is 0. The van der Waals surface area contributed by atoms with Gasteiger partial charge in [0, 0.05) is 6.54 Å². The number of hydrogen-bond donors (Lipinski definition) is 3. The molecule has 0 saturated heterocycles. The van der Waals surface area contributed by atoms with Crippen molar-refractivity contribution in [1.29, 1.82) is 0 Å². The third-order valence-electron chi connectivity index (χ3n) is 3.48. The molecule has 1 rings (SSSR count). The fourth-order valence-electron chi connectivity index (χ4n) is 2.02. The van der Waals surface area contributed by atoms with Gasteiger partial charge in [0.2, 0.25) is 5.91 Å². The first kappa shape index (κ1) is 20.7. The summed E-state index contributed by atoms with van der Waals surface area (Å²) in [4.78, 5) is 24.1. The third-order valence-corrected chi connectivity index (χ3v) is 3.48. The highest BCUT2D eigenvalue weighted by molar-refractivity contribution is 5.90. The number of halogens is 2. The summed E-state index contributed by atoms with van der Waals surface area (Å²) in [5, 5.41) is 8.05. The van der Waals surface area contributed by atoms with Gasteiger partial charge in [-0.25, -0.2) is 4.79 Å². The van der Waals surface area contributed by atoms with Gasteiger partial charge >= 0.3 is 12.6 Å². The molecule has 140 valence electrons. The molecule has 0 radical (unpaired) electrons. The van der Waals surface area contributed by atoms with E-state index in [0.29, 0.717) is 6.54 Å². The lowest BCUT2D eigenvalue weighted by atomic mass is 10.0. The summed E-state index contributed by atoms with van der Waals surface area (Å²) in [6.07, 6.45) is 0.794. The monoisotopic (exact) mass is 357 g/mol. The molecule has 0 aromatic heterocycles. The summed E-state index contributed by atoms with van der Waals surface area (Å²) < 4.78 is 28.6. The van der Waals surface area contributed by atoms with Crippen molar-refractivity contribution in [2.24, 2.45) is 0 Å². The second-order valence-electron chi connectivity index (χ2n) is 6.15. The number of ether oxygens (including phenoxy) is 1. The molecule has 1 aromatic carbocycles. The number of alkyl halides is 2. The zero-order valence-corrected chi connectivity index (χ0v) is 14.9. The maximum Gasteiger partial charge on any atom is 0.387 e. The van der Waals surface area contributed by atoms with Crippen molar-refractivity contribution in [1.82, 2.24) is 16.0 Å². The highest BCUT2D eigenvalue weighted by Gasteiger charge is 2.30. The van der Waals surface area contributed by atoms with Crippen LogP contribution in [0.15, 0.2) is 24.3 Å². The van der Waals surface area contributed by atoms with Crippen LogP contribution < -0.4 is 20.7 Å². The number of hydrogen-bond acceptors (Lipinski definition) is 3. The minimum absolute atomic E-state index is 0.0480. The van der Waals surface area contributed by atoms with Crippen LogP contribution in [0.5, 0.6) is 5.75 Å². The molecule has 0 fully saturated rings. The predicted molar refractivity (Wildman–Crippen MR) is 90.5 cm³/mol. The average Bonchev–Trinajstić information content (AvgIpc) is 2.52. The predicted octanol–water partition coefficient (Wildman–Crippen LogP) is 2.95. The SMILES string of the molecule is CCCNC(=O)NC(C)(C)C(=O)NC(C)c1ccc(OC(F)F)cc1. The van der Waals surface area contributed by atoms with Crippen LogP contribution in [0.4, 0.5) is 13.6 Å². The van der Waals surface area contributed by atoms with Crippen molar-refractivity contribution in [2.75, 3.05) is 6.54 Å². The van der Waals surface area contributed by atoms with Crippen LogP contribution in [-0.4, -0.2) is 30.6 Å². The Morgan fingerprint density at radius 2 is 1.80 bits per heavy atom. The quantitative estimate of drug-likeness (QED) is 0.669. The molecule has 0 aliphatic heterocycles. The van der Waals surface area contributed by atoms with Gasteiger partial charge in [0.15, 0.2) is 0 Å². The molecule has 0 spiro atoms. The minimum atomic E-state index is -2.88. The first-order valence-corrected chi connectivity index (χ1v) is 8.07. The van der Waals surface area contributed by atoms with Crippen molar-refractivity contribution >= 4 is 11.9 Å². The molecule has 3 amide bonds. The van der Waals surface area contributed by atoms with Crippen LogP contribution >= 0.6 is 0 Å². The second-order valence-corrected chi connectivity index (χ2v) is 6.15. The molecule has 1 unspecified atom stereocenters. The van der Waals surface area contributed by atoms with E-state index in [1.807, 2.05) is 6.92 Å². The lowest BCUT2D eigenvalue weighted by Crippen LogP contribution is -2.57. The number of rotatable bonds is 8. The van der Waals surface area contributed by atoms with E-state index in [1.54, 1.807) is 32.9 Å². The summed E-state index contributed by atoms with van der Waals surface area (Å²) in [7, 11) is 0. The Balaban J connectivity index is 2.63. The molecule has 3 N–H and O–H groups in total. The molecule has 6 nitrogen and oxygen atoms in total. The summed E-state index contributed by atoms with van der Waals surface area (Å²) in [6.45, 7) is 4.52. The Labute approximate surface area is 146 Å². The van der Waals surface area contributed by atoms with Gasteiger partial charge in [0.1, 0.15) is 11.3 Å². The lowest BCUT2D eigenvalue weighted by molar-refractivity contribution is -0.126. The molecule has 25 heavy (non-hydrogen) atoms. The first-order valence-electron chi connectivity index (χ1n) is 8.07. The number of carbonyl (C=O) groups excluding carboxylic acids is 2. The molecule has 0 bridgehead atoms. The van der Waals surface area contributed by atoms with Crippen molar-refractivity contribution in [2.45, 2.75) is 52.3 Å². The maximum absolute atomic E-state index is 12.4. The van der Waals surface area contributed by atoms with Crippen molar-refractivity contribution in [3.05, 3.63) is 29.8 Å². The minimum Gasteiger partial charge on any atom is -0.435 e. The number of benzene rings is 1. The Morgan fingerprint density at radius 1 is 1.20 bits per heavy atom. The second kappa shape index (κ2) is 9.19. The third kappa shape index (κ3) is 6.94. The van der Waals surface area contributed by atoms with E-state index < -0.39 is 18.2 Å². The first-order chi connectivity index (χ1) is 11.7. The maximum atomic E-state index is 12.4. The van der Waals surface area contributed by atoms with Gasteiger partial charge < -0.3 is 20.7 Å². The Hall–Kier alpha value is -2.38. The zero-order valence-electron chi connectivity index (χ0n) is 14.9. The van der Waals surface area contributed by atoms with Gasteiger partial charge in [0.25, 0.3) is 0 Å². The highest BCUT2D eigenvalue weighted by Crippen LogP contribution is 2.19. The van der Waals surface area contributed by atoms with Crippen LogP contribution in [-0.2, 0) is 4.79 Å². The fourth-order valence-corrected chi connectivity index (χ4v) is 2.02. The molecule has 0 aliphatic rings. The number of urea groups is 1. The van der Waals surface area contributed by atoms with Crippen LogP contribution in [0, 0.1) is 0 Å². The van der Waals surface area contributed by atoms with E-state index in [1.165, 1.54) is 12.1 Å². The lowest BCUT2D eigenvalue weighted by Gasteiger charge is -2.27. The Bertz CT molecular complexity index is 577. The van der Waals surface area contributed by atoms with Crippen LogP contribution in [0.2, 0.25) is 0 Å². The van der Waals surface area contributed by atoms with E-state index in [0.717, 1.165) is 12.0 Å². The number of amides is 3. The van der Waals surface area contributed by atoms with Crippen LogP contribution in [0.25, 0.3) is 0 Å². The van der Waals surface area contributed by atoms with E-state index in [2.05, 4.69) is 20.7 Å².